The zero-order valence-corrected chi connectivity index (χ0v) is 22.7. The van der Waals surface area contributed by atoms with E-state index in [1.807, 2.05) is 133 Å². The van der Waals surface area contributed by atoms with Gasteiger partial charge < -0.3 is 0 Å². The summed E-state index contributed by atoms with van der Waals surface area (Å²) in [4.78, 5) is 0. The molecule has 4 aromatic carbocycles. The molecule has 1 unspecified atom stereocenters. The Balaban J connectivity index is -0.000000321. The molecular weight excluding hydrogens is 529 g/mol. The van der Waals surface area contributed by atoms with Gasteiger partial charge in [-0.15, -0.1) is 24.8 Å². The molecule has 0 amide bonds. The van der Waals surface area contributed by atoms with E-state index in [1.54, 1.807) is 0 Å². The molecule has 166 valence electrons. The summed E-state index contributed by atoms with van der Waals surface area (Å²) in [5, 5.41) is 0. The molecule has 0 fully saturated rings. The Morgan fingerprint density at radius 3 is 0.688 bits per heavy atom. The maximum Gasteiger partial charge on any atom is 0 e. The molecular formula is C28H26Cl2PZr-5. The summed E-state index contributed by atoms with van der Waals surface area (Å²) >= 11 is 0. The average Bonchev–Trinajstić information content (AvgIpc) is 3.45. The zero-order valence-electron chi connectivity index (χ0n) is 17.6. The van der Waals surface area contributed by atoms with Gasteiger partial charge in [-0.3, -0.25) is 8.19 Å². The third-order valence-electron chi connectivity index (χ3n) is 2.87. The molecule has 0 N–H and O–H groups in total. The smallest absolute Gasteiger partial charge is 0 e. The molecule has 0 bridgehead atoms. The molecule has 0 aliphatic rings. The van der Waals surface area contributed by atoms with E-state index in [1.165, 1.54) is 0 Å². The summed E-state index contributed by atoms with van der Waals surface area (Å²) in [5.74, 6) is 5.11. The van der Waals surface area contributed by atoms with Crippen LogP contribution >= 0.6 is 33.0 Å². The molecule has 0 nitrogen and oxygen atoms in total. The molecule has 0 spiro atoms. The fourth-order valence-electron chi connectivity index (χ4n) is 1.61. The molecule has 0 radical (unpaired) electrons. The molecule has 0 saturated carbocycles. The predicted octanol–water partition coefficient (Wildman–Crippen LogP) is 8.31. The first kappa shape index (κ1) is 34.7. The van der Waals surface area contributed by atoms with Gasteiger partial charge in [0, 0.05) is 26.2 Å². The zero-order chi connectivity index (χ0) is 20.5. The van der Waals surface area contributed by atoms with Gasteiger partial charge in [-0.25, -0.2) is 6.07 Å². The average molecular weight is 556 g/mol. The minimum Gasteiger partial charge on any atom is -0.271 e. The van der Waals surface area contributed by atoms with Crippen molar-refractivity contribution in [2.45, 2.75) is 0 Å². The van der Waals surface area contributed by atoms with Crippen molar-refractivity contribution in [1.29, 1.82) is 0 Å². The largest absolute Gasteiger partial charge is 0.271 e. The monoisotopic (exact) mass is 553 g/mol. The van der Waals surface area contributed by atoms with E-state index in [0.29, 0.717) is 0 Å². The minimum atomic E-state index is 0. The molecule has 0 aliphatic carbocycles. The summed E-state index contributed by atoms with van der Waals surface area (Å²) in [6.45, 7) is 0. The third-order valence-corrected chi connectivity index (χ3v) is 3.56. The second-order valence-corrected chi connectivity index (χ2v) is 6.03. The Morgan fingerprint density at radius 1 is 0.344 bits per heavy atom. The van der Waals surface area contributed by atoms with Crippen LogP contribution in [0.25, 0.3) is 0 Å². The van der Waals surface area contributed by atoms with Gasteiger partial charge in [-0.05, 0) is 0 Å². The Hall–Kier alpha value is -1.88. The van der Waals surface area contributed by atoms with Gasteiger partial charge in [0.1, 0.15) is 0 Å². The molecule has 32 heavy (non-hydrogen) atoms. The Morgan fingerprint density at radius 2 is 0.625 bits per heavy atom. The molecule has 5 rings (SSSR count). The first-order valence-corrected chi connectivity index (χ1v) is 10.2. The Kier molecular flexibility index (Phi) is 34.0. The van der Waals surface area contributed by atoms with Gasteiger partial charge in [0.2, 0.25) is 0 Å². The Bertz CT molecular complexity index is 595. The maximum absolute atomic E-state index is 3.01. The number of halogens is 2. The van der Waals surface area contributed by atoms with Crippen molar-refractivity contribution in [2.24, 2.45) is 0 Å². The summed E-state index contributed by atoms with van der Waals surface area (Å²) in [6, 6.07) is 54.0. The first-order valence-electron chi connectivity index (χ1n) is 9.14. The molecule has 0 saturated heterocycles. The second kappa shape index (κ2) is 31.3. The molecule has 4 heteroatoms. The van der Waals surface area contributed by atoms with Gasteiger partial charge in [-0.2, -0.15) is 163 Å². The number of hydrogen-bond donors (Lipinski definition) is 0. The molecule has 5 aromatic rings. The van der Waals surface area contributed by atoms with E-state index in [2.05, 4.69) is 35.9 Å². The van der Waals surface area contributed by atoms with Crippen LogP contribution in [-0.2, 0) is 26.2 Å². The molecule has 1 heterocycles. The summed E-state index contributed by atoms with van der Waals surface area (Å²) < 4.78 is 0. The molecule has 1 aromatic heterocycles. The SMILES string of the molecule is Cl.Cl.[Zr].[c-]1ccc[pH]1.[c-]1ccccc1.[c-]1ccccc1.[c-]1ccccc1.[c-]1ccccc1. The van der Waals surface area contributed by atoms with E-state index in [0.717, 1.165) is 8.19 Å². The number of benzene rings is 4. The summed E-state index contributed by atoms with van der Waals surface area (Å²) in [5.41, 5.74) is 0. The topological polar surface area (TPSA) is 0 Å². The fourth-order valence-corrected chi connectivity index (χ4v) is 2.09. The first-order chi connectivity index (χ1) is 14.5. The van der Waals surface area contributed by atoms with Crippen molar-refractivity contribution in [3.63, 3.8) is 0 Å². The van der Waals surface area contributed by atoms with Crippen LogP contribution in [0, 0.1) is 30.1 Å². The van der Waals surface area contributed by atoms with Crippen LogP contribution in [0.1, 0.15) is 0 Å². The van der Waals surface area contributed by atoms with E-state index in [9.17, 15) is 0 Å². The van der Waals surface area contributed by atoms with Crippen molar-refractivity contribution < 1.29 is 26.2 Å². The van der Waals surface area contributed by atoms with Crippen LogP contribution in [-0.4, -0.2) is 0 Å². The van der Waals surface area contributed by atoms with Crippen molar-refractivity contribution in [3.05, 3.63) is 169 Å². The van der Waals surface area contributed by atoms with E-state index < -0.39 is 0 Å². The van der Waals surface area contributed by atoms with Gasteiger partial charge in [0.05, 0.1) is 0 Å². The van der Waals surface area contributed by atoms with Crippen molar-refractivity contribution in [1.82, 2.24) is 0 Å². The van der Waals surface area contributed by atoms with E-state index >= 15 is 0 Å². The Labute approximate surface area is 227 Å². The van der Waals surface area contributed by atoms with Gasteiger partial charge in [0.25, 0.3) is 0 Å². The second-order valence-electron chi connectivity index (χ2n) is 5.12. The fraction of sp³-hybridized carbons (Fsp3) is 0. The van der Waals surface area contributed by atoms with Crippen LogP contribution in [0.5, 0.6) is 0 Å². The van der Waals surface area contributed by atoms with Gasteiger partial charge in [0.15, 0.2) is 0 Å². The quantitative estimate of drug-likeness (QED) is 0.169. The van der Waals surface area contributed by atoms with Crippen molar-refractivity contribution >= 4 is 33.0 Å². The van der Waals surface area contributed by atoms with Crippen LogP contribution in [0.15, 0.2) is 139 Å². The van der Waals surface area contributed by atoms with Crippen LogP contribution in [0.2, 0.25) is 0 Å². The molecule has 1 atom stereocenters. The van der Waals surface area contributed by atoms with Gasteiger partial charge in [-0.1, -0.05) is 0 Å². The van der Waals surface area contributed by atoms with Gasteiger partial charge >= 0.3 is 0 Å². The van der Waals surface area contributed by atoms with Crippen molar-refractivity contribution in [2.75, 3.05) is 0 Å². The van der Waals surface area contributed by atoms with Crippen LogP contribution in [0.3, 0.4) is 0 Å². The normalized spacial score (nSPS) is 7.50. The molecule has 0 aliphatic heterocycles. The predicted molar refractivity (Wildman–Crippen MR) is 140 cm³/mol. The minimum absolute atomic E-state index is 0. The van der Waals surface area contributed by atoms with Crippen LogP contribution < -0.4 is 0 Å². The van der Waals surface area contributed by atoms with Crippen molar-refractivity contribution in [3.8, 4) is 0 Å². The summed E-state index contributed by atoms with van der Waals surface area (Å²) in [6.07, 6.45) is 0. The summed E-state index contributed by atoms with van der Waals surface area (Å²) in [7, 11) is 0.823. The third kappa shape index (κ3) is 28.1. The van der Waals surface area contributed by atoms with E-state index in [4.69, 9.17) is 0 Å². The maximum atomic E-state index is 3.01. The number of rotatable bonds is 0. The standard InChI is InChI=1S/4C6H5.C4H4P.2ClH.Zr/c4*1-2-4-6-5-3-1;1-2-4-5-3-1;;;/h4*1-5H;1-3,5H;2*1H;/q5*-1;;;. The van der Waals surface area contributed by atoms with Crippen LogP contribution in [0.4, 0.5) is 0 Å². The van der Waals surface area contributed by atoms with E-state index in [-0.39, 0.29) is 51.0 Å². The number of hydrogen-bond acceptors (Lipinski definition) is 0.